The van der Waals surface area contributed by atoms with Crippen molar-refractivity contribution in [1.29, 1.82) is 5.26 Å². The summed E-state index contributed by atoms with van der Waals surface area (Å²) in [5.41, 5.74) is 0.284. The number of likely N-dealkylation sites (N-methyl/N-ethyl adjacent to an activating group) is 1. The Balaban J connectivity index is 1.98. The maximum absolute atomic E-state index is 12.3. The maximum atomic E-state index is 12.3. The lowest BCUT2D eigenvalue weighted by molar-refractivity contribution is -0.127. The van der Waals surface area contributed by atoms with Crippen molar-refractivity contribution in [2.24, 2.45) is 0 Å². The van der Waals surface area contributed by atoms with Gasteiger partial charge in [-0.15, -0.1) is 0 Å². The van der Waals surface area contributed by atoms with Crippen LogP contribution in [0.5, 0.6) is 0 Å². The Morgan fingerprint density at radius 2 is 1.68 bits per heavy atom. The molecule has 2 saturated heterocycles. The van der Waals surface area contributed by atoms with Gasteiger partial charge < -0.3 is 14.7 Å². The first-order valence-electron chi connectivity index (χ1n) is 7.04. The predicted octanol–water partition coefficient (Wildman–Crippen LogP) is 0.654. The molecule has 0 aromatic carbocycles. The lowest BCUT2D eigenvalue weighted by Crippen LogP contribution is -2.42. The van der Waals surface area contributed by atoms with Crippen LogP contribution in [-0.4, -0.2) is 66.9 Å². The second-order valence-electron chi connectivity index (χ2n) is 5.35. The van der Waals surface area contributed by atoms with Gasteiger partial charge in [0.15, 0.2) is 0 Å². The van der Waals surface area contributed by atoms with Crippen LogP contribution in [0.25, 0.3) is 0 Å². The van der Waals surface area contributed by atoms with Crippen LogP contribution in [0.4, 0.5) is 0 Å². The first kappa shape index (κ1) is 13.9. The highest BCUT2D eigenvalue weighted by molar-refractivity contribution is 5.97. The monoisotopic (exact) mass is 262 g/mol. The van der Waals surface area contributed by atoms with E-state index in [2.05, 4.69) is 22.9 Å². The second-order valence-corrected chi connectivity index (χ2v) is 5.35. The van der Waals surface area contributed by atoms with Crippen LogP contribution in [0.2, 0.25) is 0 Å². The first-order valence-corrected chi connectivity index (χ1v) is 7.04. The van der Waals surface area contributed by atoms with Gasteiger partial charge in [0.05, 0.1) is 0 Å². The van der Waals surface area contributed by atoms with Crippen molar-refractivity contribution in [3.05, 3.63) is 11.8 Å². The zero-order valence-corrected chi connectivity index (χ0v) is 11.6. The number of piperidine rings is 1. The number of nitriles is 1. The summed E-state index contributed by atoms with van der Waals surface area (Å²) in [6, 6.07) is 2.07. The van der Waals surface area contributed by atoms with Crippen LogP contribution in [0.15, 0.2) is 11.8 Å². The van der Waals surface area contributed by atoms with Crippen LogP contribution in [0.3, 0.4) is 0 Å². The Morgan fingerprint density at radius 3 is 2.26 bits per heavy atom. The molecule has 19 heavy (non-hydrogen) atoms. The number of piperazine rings is 1. The molecule has 0 atom stereocenters. The average Bonchev–Trinajstić information content (AvgIpc) is 2.47. The van der Waals surface area contributed by atoms with Crippen molar-refractivity contribution in [2.75, 3.05) is 46.3 Å². The molecule has 0 aromatic heterocycles. The molecule has 0 saturated carbocycles. The minimum atomic E-state index is -0.0962. The third kappa shape index (κ3) is 3.71. The molecule has 5 heteroatoms. The highest BCUT2D eigenvalue weighted by Crippen LogP contribution is 2.13. The minimum absolute atomic E-state index is 0.0962. The van der Waals surface area contributed by atoms with Crippen molar-refractivity contribution in [2.45, 2.75) is 19.3 Å². The first-order chi connectivity index (χ1) is 9.20. The number of amides is 1. The fourth-order valence-corrected chi connectivity index (χ4v) is 2.53. The largest absolute Gasteiger partial charge is 0.374 e. The van der Waals surface area contributed by atoms with E-state index in [9.17, 15) is 10.1 Å². The third-order valence-electron chi connectivity index (χ3n) is 3.84. The van der Waals surface area contributed by atoms with Crippen molar-refractivity contribution >= 4 is 5.91 Å². The molecule has 2 aliphatic rings. The topological polar surface area (TPSA) is 50.6 Å². The fourth-order valence-electron chi connectivity index (χ4n) is 2.53. The van der Waals surface area contributed by atoms with Gasteiger partial charge in [-0.1, -0.05) is 0 Å². The Bertz CT molecular complexity index is 385. The van der Waals surface area contributed by atoms with E-state index in [0.717, 1.165) is 52.1 Å². The molecule has 2 rings (SSSR count). The SMILES string of the molecule is CN1CCN(/C=C(/C#N)C(=O)N2CCCCC2)CC1. The van der Waals surface area contributed by atoms with Crippen molar-refractivity contribution in [3.8, 4) is 6.07 Å². The van der Waals surface area contributed by atoms with Crippen molar-refractivity contribution < 1.29 is 4.79 Å². The van der Waals surface area contributed by atoms with E-state index in [4.69, 9.17) is 0 Å². The predicted molar refractivity (Wildman–Crippen MR) is 73.2 cm³/mol. The summed E-state index contributed by atoms with van der Waals surface area (Å²) in [6.45, 7) is 5.31. The number of carbonyl (C=O) groups is 1. The maximum Gasteiger partial charge on any atom is 0.266 e. The summed E-state index contributed by atoms with van der Waals surface area (Å²) in [6.07, 6.45) is 5.05. The van der Waals surface area contributed by atoms with E-state index < -0.39 is 0 Å². The highest BCUT2D eigenvalue weighted by Gasteiger charge is 2.21. The second kappa shape index (κ2) is 6.58. The lowest BCUT2D eigenvalue weighted by atomic mass is 10.1. The molecule has 0 aromatic rings. The zero-order chi connectivity index (χ0) is 13.7. The summed E-state index contributed by atoms with van der Waals surface area (Å²) in [4.78, 5) is 18.4. The third-order valence-corrected chi connectivity index (χ3v) is 3.84. The van der Waals surface area contributed by atoms with E-state index in [0.29, 0.717) is 0 Å². The van der Waals surface area contributed by atoms with E-state index in [-0.39, 0.29) is 11.5 Å². The van der Waals surface area contributed by atoms with E-state index in [1.54, 1.807) is 6.20 Å². The Kier molecular flexibility index (Phi) is 4.80. The number of hydrogen-bond acceptors (Lipinski definition) is 4. The van der Waals surface area contributed by atoms with Crippen molar-refractivity contribution in [1.82, 2.24) is 14.7 Å². The molecular weight excluding hydrogens is 240 g/mol. The summed E-state index contributed by atoms with van der Waals surface area (Å²) in [7, 11) is 2.09. The van der Waals surface area contributed by atoms with E-state index in [1.807, 2.05) is 4.90 Å². The molecule has 2 heterocycles. The van der Waals surface area contributed by atoms with Crippen LogP contribution in [0, 0.1) is 11.3 Å². The molecule has 104 valence electrons. The Labute approximate surface area is 115 Å². The van der Waals surface area contributed by atoms with Gasteiger partial charge in [-0.25, -0.2) is 0 Å². The summed E-state index contributed by atoms with van der Waals surface area (Å²) in [5.74, 6) is -0.0962. The molecule has 0 bridgehead atoms. The Hall–Kier alpha value is -1.54. The number of rotatable bonds is 2. The van der Waals surface area contributed by atoms with E-state index in [1.165, 1.54) is 6.42 Å². The molecule has 0 spiro atoms. The lowest BCUT2D eigenvalue weighted by Gasteiger charge is -2.32. The highest BCUT2D eigenvalue weighted by atomic mass is 16.2. The smallest absolute Gasteiger partial charge is 0.266 e. The molecule has 0 aliphatic carbocycles. The molecule has 0 unspecified atom stereocenters. The molecular formula is C14H22N4O. The summed E-state index contributed by atoms with van der Waals surface area (Å²) >= 11 is 0. The molecule has 5 nitrogen and oxygen atoms in total. The standard InChI is InChI=1S/C14H22N4O/c1-16-7-9-17(10-8-16)12-13(11-15)14(19)18-5-3-2-4-6-18/h12H,2-10H2,1H3/b13-12-. The average molecular weight is 262 g/mol. The summed E-state index contributed by atoms with van der Waals surface area (Å²) < 4.78 is 0. The van der Waals surface area contributed by atoms with E-state index >= 15 is 0 Å². The van der Waals surface area contributed by atoms with Crippen LogP contribution >= 0.6 is 0 Å². The van der Waals surface area contributed by atoms with Crippen LogP contribution in [0.1, 0.15) is 19.3 Å². The number of carbonyl (C=O) groups excluding carboxylic acids is 1. The number of likely N-dealkylation sites (tertiary alicyclic amines) is 1. The van der Waals surface area contributed by atoms with Gasteiger partial charge in [-0.05, 0) is 26.3 Å². The fraction of sp³-hybridized carbons (Fsp3) is 0.714. The van der Waals surface area contributed by atoms with Gasteiger partial charge in [0.25, 0.3) is 5.91 Å². The Morgan fingerprint density at radius 1 is 1.05 bits per heavy atom. The summed E-state index contributed by atoms with van der Waals surface area (Å²) in [5, 5.41) is 9.21. The van der Waals surface area contributed by atoms with Gasteiger partial charge in [0.1, 0.15) is 11.6 Å². The molecule has 1 amide bonds. The normalized spacial score (nSPS) is 22.2. The quantitative estimate of drug-likeness (QED) is 0.542. The van der Waals surface area contributed by atoms with Crippen LogP contribution < -0.4 is 0 Å². The molecule has 2 fully saturated rings. The molecule has 0 N–H and O–H groups in total. The molecule has 0 radical (unpaired) electrons. The zero-order valence-electron chi connectivity index (χ0n) is 11.6. The number of hydrogen-bond donors (Lipinski definition) is 0. The minimum Gasteiger partial charge on any atom is -0.374 e. The van der Waals surface area contributed by atoms with Gasteiger partial charge in [-0.2, -0.15) is 5.26 Å². The van der Waals surface area contributed by atoms with Crippen LogP contribution in [-0.2, 0) is 4.79 Å². The van der Waals surface area contributed by atoms with Gasteiger partial charge in [0.2, 0.25) is 0 Å². The van der Waals surface area contributed by atoms with Gasteiger partial charge in [0, 0.05) is 45.5 Å². The van der Waals surface area contributed by atoms with Gasteiger partial charge in [-0.3, -0.25) is 4.79 Å². The van der Waals surface area contributed by atoms with Gasteiger partial charge >= 0.3 is 0 Å². The molecule has 2 aliphatic heterocycles. The number of nitrogens with zero attached hydrogens (tertiary/aromatic N) is 4. The van der Waals surface area contributed by atoms with Crippen molar-refractivity contribution in [3.63, 3.8) is 0 Å².